The Labute approximate surface area is 76.9 Å². The summed E-state index contributed by atoms with van der Waals surface area (Å²) in [6, 6.07) is 7.73. The number of nitrogens with two attached hydrogens (primary N) is 1. The molecule has 0 bridgehead atoms. The van der Waals surface area contributed by atoms with Crippen LogP contribution in [0.3, 0.4) is 0 Å². The molecule has 3 heteroatoms. The van der Waals surface area contributed by atoms with E-state index in [1.54, 1.807) is 0 Å². The van der Waals surface area contributed by atoms with Gasteiger partial charge in [-0.05, 0) is 18.1 Å². The maximum Gasteiger partial charge on any atom is 0.225 e. The number of amides is 1. The van der Waals surface area contributed by atoms with E-state index in [-0.39, 0.29) is 11.9 Å². The molecule has 0 unspecified atom stereocenters. The Morgan fingerprint density at radius 1 is 1.31 bits per heavy atom. The zero-order valence-corrected chi connectivity index (χ0v) is 7.29. The first-order valence-electron chi connectivity index (χ1n) is 4.39. The molecule has 13 heavy (non-hydrogen) atoms. The number of hydrogen-bond donors (Lipinski definition) is 2. The van der Waals surface area contributed by atoms with Crippen molar-refractivity contribution < 1.29 is 4.79 Å². The van der Waals surface area contributed by atoms with E-state index in [1.807, 2.05) is 24.3 Å². The van der Waals surface area contributed by atoms with Gasteiger partial charge in [0.25, 0.3) is 0 Å². The van der Waals surface area contributed by atoms with Gasteiger partial charge < -0.3 is 11.1 Å². The van der Waals surface area contributed by atoms with Crippen LogP contribution < -0.4 is 11.1 Å². The van der Waals surface area contributed by atoms with E-state index in [2.05, 4.69) is 5.32 Å². The number of rotatable bonds is 0. The van der Waals surface area contributed by atoms with Gasteiger partial charge in [0.2, 0.25) is 5.91 Å². The van der Waals surface area contributed by atoms with Gasteiger partial charge in [-0.2, -0.15) is 0 Å². The third-order valence-electron chi connectivity index (χ3n) is 2.22. The van der Waals surface area contributed by atoms with Crippen LogP contribution in [0.2, 0.25) is 0 Å². The highest BCUT2D eigenvalue weighted by Gasteiger charge is 2.17. The summed E-state index contributed by atoms with van der Waals surface area (Å²) in [6.45, 7) is 0. The molecule has 3 N–H and O–H groups in total. The molecule has 1 aromatic rings. The number of anilines is 1. The lowest BCUT2D eigenvalue weighted by molar-refractivity contribution is -0.116. The van der Waals surface area contributed by atoms with Crippen LogP contribution in [-0.4, -0.2) is 11.9 Å². The minimum absolute atomic E-state index is 0.0115. The second-order valence-electron chi connectivity index (χ2n) is 3.37. The van der Waals surface area contributed by atoms with Crippen LogP contribution >= 0.6 is 0 Å². The lowest BCUT2D eigenvalue weighted by Gasteiger charge is -2.05. The van der Waals surface area contributed by atoms with Crippen LogP contribution in [0.5, 0.6) is 0 Å². The van der Waals surface area contributed by atoms with Crippen molar-refractivity contribution in [3.05, 3.63) is 29.8 Å². The summed E-state index contributed by atoms with van der Waals surface area (Å²) in [6.07, 6.45) is 1.18. The number of carbonyl (C=O) groups is 1. The van der Waals surface area contributed by atoms with Crippen LogP contribution in [0.25, 0.3) is 0 Å². The molecule has 0 spiro atoms. The predicted octanol–water partition coefficient (Wildman–Crippen LogP) is 0.899. The topological polar surface area (TPSA) is 55.1 Å². The Balaban J connectivity index is 2.38. The van der Waals surface area contributed by atoms with Crippen molar-refractivity contribution in [2.75, 3.05) is 5.32 Å². The zero-order valence-electron chi connectivity index (χ0n) is 7.29. The SMILES string of the molecule is N[C@H]1CC(=O)Nc2ccccc2C1. The Morgan fingerprint density at radius 3 is 2.92 bits per heavy atom. The smallest absolute Gasteiger partial charge is 0.225 e. The summed E-state index contributed by atoms with van der Waals surface area (Å²) in [4.78, 5) is 11.3. The van der Waals surface area contributed by atoms with Gasteiger partial charge in [-0.25, -0.2) is 0 Å². The number of nitrogens with one attached hydrogen (secondary N) is 1. The number of para-hydroxylation sites is 1. The van der Waals surface area contributed by atoms with Crippen molar-refractivity contribution >= 4 is 11.6 Å². The first-order chi connectivity index (χ1) is 6.25. The molecule has 0 saturated heterocycles. The predicted molar refractivity (Wildman–Crippen MR) is 51.4 cm³/mol. The van der Waals surface area contributed by atoms with Crippen molar-refractivity contribution in [2.24, 2.45) is 5.73 Å². The molecule has 1 heterocycles. The minimum atomic E-state index is -0.0522. The second-order valence-corrected chi connectivity index (χ2v) is 3.37. The van der Waals surface area contributed by atoms with Crippen molar-refractivity contribution in [1.29, 1.82) is 0 Å². The van der Waals surface area contributed by atoms with Gasteiger partial charge >= 0.3 is 0 Å². The van der Waals surface area contributed by atoms with Gasteiger partial charge in [-0.15, -0.1) is 0 Å². The van der Waals surface area contributed by atoms with Gasteiger partial charge in [-0.1, -0.05) is 18.2 Å². The fourth-order valence-corrected chi connectivity index (χ4v) is 1.61. The molecular weight excluding hydrogens is 164 g/mol. The van der Waals surface area contributed by atoms with Crippen LogP contribution in [0, 0.1) is 0 Å². The van der Waals surface area contributed by atoms with E-state index >= 15 is 0 Å². The lowest BCUT2D eigenvalue weighted by atomic mass is 10.0. The fourth-order valence-electron chi connectivity index (χ4n) is 1.61. The Hall–Kier alpha value is -1.35. The molecule has 1 amide bonds. The molecule has 1 aromatic carbocycles. The maximum absolute atomic E-state index is 11.3. The van der Waals surface area contributed by atoms with E-state index in [0.29, 0.717) is 6.42 Å². The lowest BCUT2D eigenvalue weighted by Crippen LogP contribution is -2.25. The summed E-state index contributed by atoms with van der Waals surface area (Å²) >= 11 is 0. The quantitative estimate of drug-likeness (QED) is 0.617. The third kappa shape index (κ3) is 1.70. The molecule has 1 aliphatic heterocycles. The standard InChI is InChI=1S/C10H12N2O/c11-8-5-7-3-1-2-4-9(7)12-10(13)6-8/h1-4,8H,5-6,11H2,(H,12,13)/t8-/m1/s1. The number of carbonyl (C=O) groups excluding carboxylic acids is 1. The molecule has 2 rings (SSSR count). The Morgan fingerprint density at radius 2 is 2.08 bits per heavy atom. The summed E-state index contributed by atoms with van der Waals surface area (Å²) in [7, 11) is 0. The van der Waals surface area contributed by atoms with Crippen LogP contribution in [-0.2, 0) is 11.2 Å². The van der Waals surface area contributed by atoms with Gasteiger partial charge in [-0.3, -0.25) is 4.79 Å². The van der Waals surface area contributed by atoms with Crippen molar-refractivity contribution in [3.63, 3.8) is 0 Å². The number of benzene rings is 1. The first-order valence-corrected chi connectivity index (χ1v) is 4.39. The van der Waals surface area contributed by atoms with Gasteiger partial charge in [0.15, 0.2) is 0 Å². The second kappa shape index (κ2) is 3.18. The van der Waals surface area contributed by atoms with Gasteiger partial charge in [0.05, 0.1) is 0 Å². The summed E-state index contributed by atoms with van der Waals surface area (Å²) in [5, 5.41) is 2.83. The Bertz CT molecular complexity index is 335. The summed E-state index contributed by atoms with van der Waals surface area (Å²) < 4.78 is 0. The Kier molecular flexibility index (Phi) is 2.02. The molecule has 0 saturated carbocycles. The highest BCUT2D eigenvalue weighted by molar-refractivity contribution is 5.92. The van der Waals surface area contributed by atoms with E-state index in [0.717, 1.165) is 17.7 Å². The molecular formula is C10H12N2O. The largest absolute Gasteiger partial charge is 0.327 e. The monoisotopic (exact) mass is 176 g/mol. The first kappa shape index (κ1) is 8.26. The molecule has 1 aliphatic rings. The zero-order chi connectivity index (χ0) is 9.26. The van der Waals surface area contributed by atoms with Crippen LogP contribution in [0.4, 0.5) is 5.69 Å². The summed E-state index contributed by atoms with van der Waals surface area (Å²) in [5.74, 6) is 0.0115. The van der Waals surface area contributed by atoms with Crippen molar-refractivity contribution in [3.8, 4) is 0 Å². The van der Waals surface area contributed by atoms with Crippen LogP contribution in [0.1, 0.15) is 12.0 Å². The molecule has 3 nitrogen and oxygen atoms in total. The molecule has 0 radical (unpaired) electrons. The van der Waals surface area contributed by atoms with E-state index in [4.69, 9.17) is 5.73 Å². The molecule has 1 atom stereocenters. The van der Waals surface area contributed by atoms with E-state index in [1.165, 1.54) is 0 Å². The molecule has 0 aliphatic carbocycles. The van der Waals surface area contributed by atoms with Gasteiger partial charge in [0.1, 0.15) is 0 Å². The highest BCUT2D eigenvalue weighted by atomic mass is 16.1. The van der Waals surface area contributed by atoms with Crippen molar-refractivity contribution in [2.45, 2.75) is 18.9 Å². The van der Waals surface area contributed by atoms with Gasteiger partial charge in [0, 0.05) is 18.2 Å². The average molecular weight is 176 g/mol. The molecule has 68 valence electrons. The number of fused-ring (bicyclic) bond motifs is 1. The fraction of sp³-hybridized carbons (Fsp3) is 0.300. The normalized spacial score (nSPS) is 21.6. The average Bonchev–Trinajstić information content (AvgIpc) is 2.20. The molecule has 0 fully saturated rings. The number of hydrogen-bond acceptors (Lipinski definition) is 2. The van der Waals surface area contributed by atoms with Crippen molar-refractivity contribution in [1.82, 2.24) is 0 Å². The van der Waals surface area contributed by atoms with E-state index < -0.39 is 0 Å². The third-order valence-corrected chi connectivity index (χ3v) is 2.22. The van der Waals surface area contributed by atoms with Crippen LogP contribution in [0.15, 0.2) is 24.3 Å². The van der Waals surface area contributed by atoms with E-state index in [9.17, 15) is 4.79 Å². The highest BCUT2D eigenvalue weighted by Crippen LogP contribution is 2.20. The molecule has 0 aromatic heterocycles. The summed E-state index contributed by atoms with van der Waals surface area (Å²) in [5.41, 5.74) is 7.81. The maximum atomic E-state index is 11.3. The minimum Gasteiger partial charge on any atom is -0.327 e.